The fourth-order valence-electron chi connectivity index (χ4n) is 9.65. The quantitative estimate of drug-likeness (QED) is 0.163. The first-order valence-electron chi connectivity index (χ1n) is 19.6. The molecular weight excluding hydrogens is 649 g/mol. The van der Waals surface area contributed by atoms with Crippen molar-refractivity contribution in [2.75, 3.05) is 0 Å². The summed E-state index contributed by atoms with van der Waals surface area (Å²) in [7, 11) is 0. The maximum Gasteiger partial charge on any atom is -0.000697 e. The van der Waals surface area contributed by atoms with Gasteiger partial charge in [0, 0.05) is 0 Å². The summed E-state index contributed by atoms with van der Waals surface area (Å²) in [6, 6.07) is 67.4. The molecule has 10 rings (SSSR count). The Morgan fingerprint density at radius 3 is 0.704 bits per heavy atom. The van der Waals surface area contributed by atoms with E-state index in [-0.39, 0.29) is 0 Å². The summed E-state index contributed by atoms with van der Waals surface area (Å²) in [6.45, 7) is 0. The zero-order chi connectivity index (χ0) is 35.8. The Labute approximate surface area is 319 Å². The Morgan fingerprint density at radius 1 is 0.204 bits per heavy atom. The van der Waals surface area contributed by atoms with Crippen LogP contribution in [0.25, 0.3) is 66.8 Å². The summed E-state index contributed by atoms with van der Waals surface area (Å²) in [4.78, 5) is 0. The second kappa shape index (κ2) is 14.0. The second-order valence-corrected chi connectivity index (χ2v) is 14.9. The minimum Gasteiger partial charge on any atom is -0.0622 e. The molecule has 0 spiro atoms. The van der Waals surface area contributed by atoms with Crippen LogP contribution in [0.4, 0.5) is 0 Å². The van der Waals surface area contributed by atoms with Gasteiger partial charge in [-0.05, 0) is 139 Å². The van der Waals surface area contributed by atoms with E-state index in [1.54, 1.807) is 11.1 Å². The Balaban J connectivity index is 1.40. The molecular formula is C54H42. The van der Waals surface area contributed by atoms with E-state index in [2.05, 4.69) is 182 Å². The average Bonchev–Trinajstić information content (AvgIpc) is 3.26. The molecule has 0 saturated carbocycles. The minimum atomic E-state index is 0.876. The molecule has 0 amide bonds. The fraction of sp³-hybridized carbons (Fsp3) is 0.111. The molecule has 0 heteroatoms. The van der Waals surface area contributed by atoms with E-state index in [4.69, 9.17) is 0 Å². The predicted octanol–water partition coefficient (Wildman–Crippen LogP) is 14.1. The van der Waals surface area contributed by atoms with E-state index < -0.39 is 0 Å². The Bertz CT molecular complexity index is 2400. The third-order valence-electron chi connectivity index (χ3n) is 11.8. The van der Waals surface area contributed by atoms with Crippen LogP contribution >= 0.6 is 0 Å². The molecule has 0 fully saturated rings. The number of rotatable bonds is 6. The third-order valence-corrected chi connectivity index (χ3v) is 11.8. The van der Waals surface area contributed by atoms with Crippen LogP contribution in [0, 0.1) is 0 Å². The Hall–Kier alpha value is -6.24. The predicted molar refractivity (Wildman–Crippen MR) is 228 cm³/mol. The van der Waals surface area contributed by atoms with Crippen molar-refractivity contribution in [2.24, 2.45) is 0 Å². The van der Waals surface area contributed by atoms with Crippen LogP contribution in [0.5, 0.6) is 0 Å². The summed E-state index contributed by atoms with van der Waals surface area (Å²) < 4.78 is 0. The smallest absolute Gasteiger partial charge is 0.000697 e. The molecule has 2 aliphatic carbocycles. The molecule has 258 valence electrons. The average molecular weight is 691 g/mol. The third kappa shape index (κ3) is 5.53. The van der Waals surface area contributed by atoms with Crippen LogP contribution in [-0.2, 0) is 25.7 Å². The zero-order valence-electron chi connectivity index (χ0n) is 30.6. The van der Waals surface area contributed by atoms with Crippen molar-refractivity contribution in [1.82, 2.24) is 0 Å². The lowest BCUT2D eigenvalue weighted by Gasteiger charge is -2.36. The largest absolute Gasteiger partial charge is 0.0622 e. The van der Waals surface area contributed by atoms with E-state index in [0.717, 1.165) is 25.7 Å². The van der Waals surface area contributed by atoms with E-state index in [9.17, 15) is 0 Å². The maximum absolute atomic E-state index is 2.35. The van der Waals surface area contributed by atoms with Crippen LogP contribution in [0.1, 0.15) is 46.2 Å². The molecule has 8 aromatic rings. The van der Waals surface area contributed by atoms with Crippen molar-refractivity contribution in [3.05, 3.63) is 215 Å². The zero-order valence-corrected chi connectivity index (χ0v) is 30.6. The van der Waals surface area contributed by atoms with Gasteiger partial charge in [-0.15, -0.1) is 0 Å². The lowest BCUT2D eigenvalue weighted by Crippen LogP contribution is -2.19. The lowest BCUT2D eigenvalue weighted by atomic mass is 9.67. The Morgan fingerprint density at radius 2 is 0.426 bits per heavy atom. The molecule has 0 bridgehead atoms. The number of benzene rings is 8. The Kier molecular flexibility index (Phi) is 8.38. The molecule has 0 nitrogen and oxygen atoms in total. The van der Waals surface area contributed by atoms with Gasteiger partial charge in [0.05, 0.1) is 0 Å². The fourth-order valence-corrected chi connectivity index (χ4v) is 9.65. The van der Waals surface area contributed by atoms with Crippen molar-refractivity contribution < 1.29 is 0 Å². The molecule has 8 aromatic carbocycles. The van der Waals surface area contributed by atoms with Gasteiger partial charge in [-0.2, -0.15) is 0 Å². The van der Waals surface area contributed by atoms with Gasteiger partial charge < -0.3 is 0 Å². The van der Waals surface area contributed by atoms with E-state index in [1.807, 2.05) is 0 Å². The van der Waals surface area contributed by atoms with Crippen molar-refractivity contribution >= 4 is 0 Å². The second-order valence-electron chi connectivity index (χ2n) is 14.9. The highest BCUT2D eigenvalue weighted by Crippen LogP contribution is 2.55. The van der Waals surface area contributed by atoms with E-state index in [0.29, 0.717) is 0 Å². The van der Waals surface area contributed by atoms with Gasteiger partial charge in [0.15, 0.2) is 0 Å². The van der Waals surface area contributed by atoms with Crippen LogP contribution in [0.3, 0.4) is 0 Å². The molecule has 0 atom stereocenters. The standard InChI is InChI=1S/C54H42/c1-7-21-37(22-8-1)49-43-33-19-20-34-44(43)50(38-23-9-2-10-24-38)46-36-48-47(35-45(46)49)51(39-25-11-3-12-26-39)53(41-29-15-5-16-30-41)54(42-31-17-6-18-32-42)52(48)40-27-13-4-14-28-40/h1-18,21-32H,19-20,33-36H2. The highest BCUT2D eigenvalue weighted by molar-refractivity contribution is 6.05. The minimum absolute atomic E-state index is 0.876. The molecule has 0 aliphatic heterocycles. The molecule has 0 unspecified atom stereocenters. The number of hydrogen-bond donors (Lipinski definition) is 0. The molecule has 0 radical (unpaired) electrons. The first kappa shape index (κ1) is 32.4. The lowest BCUT2D eigenvalue weighted by molar-refractivity contribution is 0.685. The highest BCUT2D eigenvalue weighted by Gasteiger charge is 2.35. The monoisotopic (exact) mass is 690 g/mol. The topological polar surface area (TPSA) is 0 Å². The molecule has 2 aliphatic rings. The SMILES string of the molecule is c1ccc(-c2c3c(c(-c4ccccc4)c4c2Cc2c(c(-c5ccccc5)c(-c5ccccc5)c(-c5ccccc5)c2-c2ccccc2)C4)CCCC3)cc1. The van der Waals surface area contributed by atoms with E-state index in [1.165, 1.54) is 102 Å². The molecule has 54 heavy (non-hydrogen) atoms. The summed E-state index contributed by atoms with van der Waals surface area (Å²) >= 11 is 0. The van der Waals surface area contributed by atoms with Gasteiger partial charge in [0.2, 0.25) is 0 Å². The van der Waals surface area contributed by atoms with E-state index >= 15 is 0 Å². The molecule has 0 N–H and O–H groups in total. The van der Waals surface area contributed by atoms with Crippen molar-refractivity contribution in [3.63, 3.8) is 0 Å². The van der Waals surface area contributed by atoms with Gasteiger partial charge in [-0.25, -0.2) is 0 Å². The summed E-state index contributed by atoms with van der Waals surface area (Å²) in [5.74, 6) is 0. The van der Waals surface area contributed by atoms with Crippen LogP contribution in [0.15, 0.2) is 182 Å². The summed E-state index contributed by atoms with van der Waals surface area (Å²) in [6.07, 6.45) is 6.48. The summed E-state index contributed by atoms with van der Waals surface area (Å²) in [5, 5.41) is 0. The molecule has 0 heterocycles. The van der Waals surface area contributed by atoms with Gasteiger partial charge in [-0.1, -0.05) is 182 Å². The summed E-state index contributed by atoms with van der Waals surface area (Å²) in [5.41, 5.74) is 25.1. The van der Waals surface area contributed by atoms with Crippen LogP contribution < -0.4 is 0 Å². The first-order valence-corrected chi connectivity index (χ1v) is 19.6. The van der Waals surface area contributed by atoms with Crippen molar-refractivity contribution in [3.8, 4) is 66.8 Å². The molecule has 0 saturated heterocycles. The normalized spacial score (nSPS) is 13.1. The van der Waals surface area contributed by atoms with Gasteiger partial charge in [0.25, 0.3) is 0 Å². The van der Waals surface area contributed by atoms with Crippen molar-refractivity contribution in [2.45, 2.75) is 38.5 Å². The van der Waals surface area contributed by atoms with Gasteiger partial charge >= 0.3 is 0 Å². The van der Waals surface area contributed by atoms with Crippen molar-refractivity contribution in [1.29, 1.82) is 0 Å². The molecule has 0 aromatic heterocycles. The number of fused-ring (bicyclic) bond motifs is 3. The van der Waals surface area contributed by atoms with Crippen LogP contribution in [-0.4, -0.2) is 0 Å². The first-order chi connectivity index (χ1) is 26.8. The van der Waals surface area contributed by atoms with Gasteiger partial charge in [0.1, 0.15) is 0 Å². The van der Waals surface area contributed by atoms with Gasteiger partial charge in [-0.3, -0.25) is 0 Å². The van der Waals surface area contributed by atoms with Crippen LogP contribution in [0.2, 0.25) is 0 Å². The highest BCUT2D eigenvalue weighted by atomic mass is 14.4. The maximum atomic E-state index is 2.35. The number of hydrogen-bond acceptors (Lipinski definition) is 0.